The number of ketones is 1. The molecule has 1 heterocycles. The first-order valence-corrected chi connectivity index (χ1v) is 11.0. The average Bonchev–Trinajstić information content (AvgIpc) is 2.72. The monoisotopic (exact) mass is 476 g/mol. The number of nitrogens with zero attached hydrogens (tertiary/aromatic N) is 1. The fourth-order valence-electron chi connectivity index (χ4n) is 4.94. The molecule has 6 heteroatoms. The summed E-state index contributed by atoms with van der Waals surface area (Å²) in [6.07, 6.45) is 1.24. The predicted octanol–water partition coefficient (Wildman–Crippen LogP) is 6.82. The van der Waals surface area contributed by atoms with Gasteiger partial charge in [-0.25, -0.2) is 0 Å². The Morgan fingerprint density at radius 2 is 1.87 bits per heavy atom. The molecular weight excluding hydrogens is 456 g/mol. The van der Waals surface area contributed by atoms with Gasteiger partial charge in [-0.1, -0.05) is 50.2 Å². The molecule has 0 unspecified atom stereocenters. The Morgan fingerprint density at radius 1 is 1.10 bits per heavy atom. The summed E-state index contributed by atoms with van der Waals surface area (Å²) < 4.78 is 0.425. The van der Waals surface area contributed by atoms with Gasteiger partial charge < -0.3 is 5.32 Å². The topological polar surface area (TPSA) is 72.2 Å². The van der Waals surface area contributed by atoms with Crippen LogP contribution in [0.4, 0.5) is 11.4 Å². The maximum absolute atomic E-state index is 13.4. The van der Waals surface area contributed by atoms with Gasteiger partial charge in [-0.05, 0) is 61.8 Å². The number of rotatable bonds is 2. The fourth-order valence-corrected chi connectivity index (χ4v) is 5.33. The molecule has 1 N–H and O–H groups in total. The van der Waals surface area contributed by atoms with Crippen LogP contribution in [-0.4, -0.2) is 10.7 Å². The van der Waals surface area contributed by atoms with Gasteiger partial charge in [0.15, 0.2) is 5.78 Å². The quantitative estimate of drug-likeness (QED) is 0.325. The van der Waals surface area contributed by atoms with E-state index in [4.69, 9.17) is 0 Å². The molecule has 5 rings (SSSR count). The first-order chi connectivity index (χ1) is 14.7. The number of fused-ring (bicyclic) bond motifs is 4. The van der Waals surface area contributed by atoms with Gasteiger partial charge in [0, 0.05) is 29.3 Å². The number of hydrogen-bond donors (Lipinski definition) is 1. The van der Waals surface area contributed by atoms with Crippen LogP contribution in [0.2, 0.25) is 0 Å². The maximum atomic E-state index is 13.4. The van der Waals surface area contributed by atoms with Gasteiger partial charge in [0.1, 0.15) is 0 Å². The van der Waals surface area contributed by atoms with Crippen molar-refractivity contribution in [3.63, 3.8) is 0 Å². The third-order valence-corrected chi connectivity index (χ3v) is 6.91. The first kappa shape index (κ1) is 19.9. The highest BCUT2D eigenvalue weighted by atomic mass is 79.9. The summed E-state index contributed by atoms with van der Waals surface area (Å²) in [4.78, 5) is 24.5. The van der Waals surface area contributed by atoms with E-state index in [1.54, 1.807) is 12.1 Å². The van der Waals surface area contributed by atoms with Crippen molar-refractivity contribution in [3.8, 4) is 0 Å². The molecule has 2 aliphatic rings. The third-order valence-electron chi connectivity index (χ3n) is 6.24. The van der Waals surface area contributed by atoms with Crippen molar-refractivity contribution in [1.29, 1.82) is 0 Å². The number of benzene rings is 3. The van der Waals surface area contributed by atoms with E-state index in [1.807, 2.05) is 24.3 Å². The van der Waals surface area contributed by atoms with E-state index in [0.717, 1.165) is 39.6 Å². The molecule has 0 aromatic heterocycles. The predicted molar refractivity (Wildman–Crippen MR) is 126 cm³/mol. The van der Waals surface area contributed by atoms with E-state index in [0.29, 0.717) is 16.5 Å². The lowest BCUT2D eigenvalue weighted by molar-refractivity contribution is -0.385. The standard InChI is InChI=1S/C25H21BrN2O3/c1-25(2)12-17-22-16-6-4-3-5-14(16)8-10-19(22)27-24(23(17)21(29)13-25)15-7-9-18(26)20(11-15)28(30)31/h3-11,24,27H,12-13H2,1-2H3/t24-/m0/s1. The second-order valence-corrected chi connectivity index (χ2v) is 9.94. The Labute approximate surface area is 188 Å². The molecule has 0 radical (unpaired) electrons. The Morgan fingerprint density at radius 3 is 2.65 bits per heavy atom. The number of nitro groups is 1. The third kappa shape index (κ3) is 3.26. The van der Waals surface area contributed by atoms with Crippen molar-refractivity contribution in [2.75, 3.05) is 5.32 Å². The van der Waals surface area contributed by atoms with E-state index in [2.05, 4.69) is 53.3 Å². The molecule has 1 atom stereocenters. The zero-order valence-electron chi connectivity index (χ0n) is 17.2. The minimum absolute atomic E-state index is 0.00523. The van der Waals surface area contributed by atoms with Crippen molar-refractivity contribution in [3.05, 3.63) is 85.9 Å². The number of anilines is 1. The summed E-state index contributed by atoms with van der Waals surface area (Å²) in [7, 11) is 0. The van der Waals surface area contributed by atoms with Crippen LogP contribution in [0.15, 0.2) is 64.6 Å². The lowest BCUT2D eigenvalue weighted by Crippen LogP contribution is -2.33. The number of hydrogen-bond acceptors (Lipinski definition) is 4. The Balaban J connectivity index is 1.78. The van der Waals surface area contributed by atoms with Gasteiger partial charge in [0.2, 0.25) is 0 Å². The normalized spacial score (nSPS) is 19.6. The highest BCUT2D eigenvalue weighted by Gasteiger charge is 2.41. The Kier molecular flexibility index (Phi) is 4.52. The average molecular weight is 477 g/mol. The van der Waals surface area contributed by atoms with Gasteiger partial charge in [0.05, 0.1) is 15.4 Å². The Hall–Kier alpha value is -2.99. The number of nitrogens with one attached hydrogen (secondary N) is 1. The molecule has 5 nitrogen and oxygen atoms in total. The van der Waals surface area contributed by atoms with Gasteiger partial charge in [0.25, 0.3) is 5.69 Å². The van der Waals surface area contributed by atoms with Crippen LogP contribution >= 0.6 is 15.9 Å². The van der Waals surface area contributed by atoms with E-state index in [-0.39, 0.29) is 16.9 Å². The van der Waals surface area contributed by atoms with Gasteiger partial charge in [-0.3, -0.25) is 14.9 Å². The van der Waals surface area contributed by atoms with E-state index < -0.39 is 11.0 Å². The molecule has 0 saturated carbocycles. The van der Waals surface area contributed by atoms with Crippen LogP contribution in [0.5, 0.6) is 0 Å². The minimum atomic E-state index is -0.418. The largest absolute Gasteiger partial charge is 0.373 e. The fraction of sp³-hybridized carbons (Fsp3) is 0.240. The molecule has 1 aliphatic heterocycles. The van der Waals surface area contributed by atoms with Crippen molar-refractivity contribution in [2.45, 2.75) is 32.7 Å². The van der Waals surface area contributed by atoms with E-state index in [1.165, 1.54) is 0 Å². The van der Waals surface area contributed by atoms with Crippen LogP contribution < -0.4 is 5.32 Å². The zero-order valence-corrected chi connectivity index (χ0v) is 18.8. The van der Waals surface area contributed by atoms with Crippen molar-refractivity contribution < 1.29 is 9.72 Å². The van der Waals surface area contributed by atoms with Crippen LogP contribution in [0.25, 0.3) is 16.3 Å². The van der Waals surface area contributed by atoms with E-state index in [9.17, 15) is 14.9 Å². The van der Waals surface area contributed by atoms with Gasteiger partial charge in [-0.2, -0.15) is 0 Å². The molecule has 0 spiro atoms. The lowest BCUT2D eigenvalue weighted by atomic mass is 9.68. The van der Waals surface area contributed by atoms with Crippen molar-refractivity contribution in [2.24, 2.45) is 5.41 Å². The van der Waals surface area contributed by atoms with Crippen molar-refractivity contribution >= 4 is 49.4 Å². The van der Waals surface area contributed by atoms with Gasteiger partial charge in [-0.15, -0.1) is 0 Å². The highest BCUT2D eigenvalue weighted by molar-refractivity contribution is 9.10. The molecule has 156 valence electrons. The second-order valence-electron chi connectivity index (χ2n) is 9.09. The summed E-state index contributed by atoms with van der Waals surface area (Å²) >= 11 is 3.26. The molecular formula is C25H21BrN2O3. The molecule has 31 heavy (non-hydrogen) atoms. The maximum Gasteiger partial charge on any atom is 0.283 e. The number of Topliss-reactive ketones (excluding diaryl/α,β-unsaturated/α-hetero) is 1. The lowest BCUT2D eigenvalue weighted by Gasteiger charge is -2.40. The summed E-state index contributed by atoms with van der Waals surface area (Å²) in [5, 5.41) is 17.3. The van der Waals surface area contributed by atoms with E-state index >= 15 is 0 Å². The van der Waals surface area contributed by atoms with Crippen molar-refractivity contribution in [1.82, 2.24) is 0 Å². The first-order valence-electron chi connectivity index (χ1n) is 10.2. The van der Waals surface area contributed by atoms with Crippen LogP contribution in [0.1, 0.15) is 43.9 Å². The number of carbonyl (C=O) groups is 1. The van der Waals surface area contributed by atoms with Crippen LogP contribution in [0, 0.1) is 15.5 Å². The van der Waals surface area contributed by atoms with Crippen LogP contribution in [-0.2, 0) is 4.79 Å². The summed E-state index contributed by atoms with van der Waals surface area (Å²) in [5.41, 5.74) is 4.40. The zero-order chi connectivity index (χ0) is 21.9. The molecule has 3 aromatic rings. The second kappa shape index (κ2) is 7.02. The summed E-state index contributed by atoms with van der Waals surface area (Å²) in [6, 6.07) is 17.0. The molecule has 3 aromatic carbocycles. The number of nitro benzene ring substituents is 1. The Bertz CT molecular complexity index is 1310. The molecule has 0 fully saturated rings. The smallest absolute Gasteiger partial charge is 0.283 e. The summed E-state index contributed by atoms with van der Waals surface area (Å²) in [6.45, 7) is 4.25. The SMILES string of the molecule is CC1(C)CC(=O)C2=C(C1)c1c(ccc3ccccc13)N[C@H]2c1ccc(Br)c([N+](=O)[O-])c1. The molecule has 0 bridgehead atoms. The molecule has 0 saturated heterocycles. The minimum Gasteiger partial charge on any atom is -0.373 e. The van der Waals surface area contributed by atoms with Crippen LogP contribution in [0.3, 0.4) is 0 Å². The van der Waals surface area contributed by atoms with Gasteiger partial charge >= 0.3 is 0 Å². The highest BCUT2D eigenvalue weighted by Crippen LogP contribution is 2.52. The number of halogens is 1. The number of carbonyl (C=O) groups excluding carboxylic acids is 1. The molecule has 1 aliphatic carbocycles. The number of allylic oxidation sites excluding steroid dienone is 1. The summed E-state index contributed by atoms with van der Waals surface area (Å²) in [5.74, 6) is 0.105. The molecule has 0 amide bonds.